The van der Waals surface area contributed by atoms with Gasteiger partial charge in [-0.05, 0) is 36.5 Å². The Bertz CT molecular complexity index is 559. The Hall–Kier alpha value is -1.59. The second kappa shape index (κ2) is 8.19. The molecule has 1 aromatic rings. The number of rotatable bonds is 6. The van der Waals surface area contributed by atoms with E-state index in [9.17, 15) is 4.79 Å². The SMILES string of the molecule is COC1CCN(C2CN(C(=O)COc3ccc(C(C)C)cc3)C2)CC1. The quantitative estimate of drug-likeness (QED) is 0.794. The van der Waals surface area contributed by atoms with Crippen LogP contribution in [-0.4, -0.2) is 67.7 Å². The van der Waals surface area contributed by atoms with E-state index in [4.69, 9.17) is 9.47 Å². The van der Waals surface area contributed by atoms with Crippen LogP contribution in [0.25, 0.3) is 0 Å². The second-order valence-electron chi connectivity index (χ2n) is 7.44. The topological polar surface area (TPSA) is 42.0 Å². The van der Waals surface area contributed by atoms with Crippen LogP contribution in [0.15, 0.2) is 24.3 Å². The highest BCUT2D eigenvalue weighted by Crippen LogP contribution is 2.22. The van der Waals surface area contributed by atoms with Crippen LogP contribution in [-0.2, 0) is 9.53 Å². The minimum atomic E-state index is 0.0796. The summed E-state index contributed by atoms with van der Waals surface area (Å²) in [7, 11) is 1.79. The van der Waals surface area contributed by atoms with Gasteiger partial charge in [-0.1, -0.05) is 26.0 Å². The van der Waals surface area contributed by atoms with Gasteiger partial charge in [0.05, 0.1) is 6.10 Å². The maximum Gasteiger partial charge on any atom is 0.260 e. The van der Waals surface area contributed by atoms with Crippen molar-refractivity contribution in [1.82, 2.24) is 9.80 Å². The molecule has 0 bridgehead atoms. The van der Waals surface area contributed by atoms with Crippen molar-refractivity contribution in [2.45, 2.75) is 44.8 Å². The van der Waals surface area contributed by atoms with Crippen molar-refractivity contribution < 1.29 is 14.3 Å². The number of amides is 1. The number of ether oxygens (including phenoxy) is 2. The van der Waals surface area contributed by atoms with Crippen LogP contribution in [0.2, 0.25) is 0 Å². The zero-order valence-corrected chi connectivity index (χ0v) is 15.6. The number of carbonyl (C=O) groups is 1. The number of hydrogen-bond donors (Lipinski definition) is 0. The summed E-state index contributed by atoms with van der Waals surface area (Å²) in [5.41, 5.74) is 1.28. The van der Waals surface area contributed by atoms with Crippen LogP contribution in [0.5, 0.6) is 5.75 Å². The van der Waals surface area contributed by atoms with E-state index in [0.717, 1.165) is 44.8 Å². The van der Waals surface area contributed by atoms with Gasteiger partial charge in [0.15, 0.2) is 6.61 Å². The van der Waals surface area contributed by atoms with E-state index >= 15 is 0 Å². The molecule has 0 N–H and O–H groups in total. The molecule has 138 valence electrons. The normalized spacial score (nSPS) is 19.9. The van der Waals surface area contributed by atoms with Crippen molar-refractivity contribution in [3.05, 3.63) is 29.8 Å². The molecule has 2 aliphatic heterocycles. The molecule has 0 atom stereocenters. The first-order valence-electron chi connectivity index (χ1n) is 9.34. The minimum absolute atomic E-state index is 0.0796. The first kappa shape index (κ1) is 18.2. The van der Waals surface area contributed by atoms with Crippen molar-refractivity contribution >= 4 is 5.91 Å². The van der Waals surface area contributed by atoms with E-state index in [1.165, 1.54) is 5.56 Å². The largest absolute Gasteiger partial charge is 0.484 e. The number of likely N-dealkylation sites (tertiary alicyclic amines) is 2. The van der Waals surface area contributed by atoms with Crippen LogP contribution >= 0.6 is 0 Å². The summed E-state index contributed by atoms with van der Waals surface area (Å²) >= 11 is 0. The molecule has 2 saturated heterocycles. The fourth-order valence-electron chi connectivity index (χ4n) is 3.55. The molecular formula is C20H30N2O3. The minimum Gasteiger partial charge on any atom is -0.484 e. The van der Waals surface area contributed by atoms with E-state index in [0.29, 0.717) is 18.1 Å². The zero-order chi connectivity index (χ0) is 17.8. The maximum atomic E-state index is 12.3. The second-order valence-corrected chi connectivity index (χ2v) is 7.44. The van der Waals surface area contributed by atoms with Crippen LogP contribution in [0, 0.1) is 0 Å². The molecule has 1 aromatic carbocycles. The van der Waals surface area contributed by atoms with E-state index in [1.54, 1.807) is 7.11 Å². The third kappa shape index (κ3) is 4.53. The summed E-state index contributed by atoms with van der Waals surface area (Å²) in [6, 6.07) is 8.52. The van der Waals surface area contributed by atoms with Gasteiger partial charge >= 0.3 is 0 Å². The molecule has 25 heavy (non-hydrogen) atoms. The van der Waals surface area contributed by atoms with Crippen LogP contribution in [0.3, 0.4) is 0 Å². The number of nitrogens with zero attached hydrogens (tertiary/aromatic N) is 2. The highest BCUT2D eigenvalue weighted by Gasteiger charge is 2.36. The average Bonchev–Trinajstić information content (AvgIpc) is 2.59. The Kier molecular flexibility index (Phi) is 5.97. The number of hydrogen-bond acceptors (Lipinski definition) is 4. The van der Waals surface area contributed by atoms with Crippen molar-refractivity contribution in [1.29, 1.82) is 0 Å². The molecule has 5 nitrogen and oxygen atoms in total. The van der Waals surface area contributed by atoms with E-state index in [1.807, 2.05) is 17.0 Å². The molecule has 2 heterocycles. The molecule has 0 unspecified atom stereocenters. The first-order chi connectivity index (χ1) is 12.1. The van der Waals surface area contributed by atoms with Crippen molar-refractivity contribution in [3.8, 4) is 5.75 Å². The lowest BCUT2D eigenvalue weighted by Crippen LogP contribution is -2.63. The molecule has 0 saturated carbocycles. The summed E-state index contributed by atoms with van der Waals surface area (Å²) in [6.07, 6.45) is 2.59. The lowest BCUT2D eigenvalue weighted by atomic mass is 10.0. The third-order valence-electron chi connectivity index (χ3n) is 5.45. The molecule has 3 rings (SSSR count). The summed E-state index contributed by atoms with van der Waals surface area (Å²) in [6.45, 7) is 8.25. The molecule has 5 heteroatoms. The van der Waals surface area contributed by atoms with Gasteiger partial charge in [0.1, 0.15) is 5.75 Å². The molecular weight excluding hydrogens is 316 g/mol. The van der Waals surface area contributed by atoms with E-state index < -0.39 is 0 Å². The number of piperidine rings is 1. The van der Waals surface area contributed by atoms with Crippen molar-refractivity contribution in [2.24, 2.45) is 0 Å². The van der Waals surface area contributed by atoms with Crippen LogP contribution in [0.4, 0.5) is 0 Å². The first-order valence-corrected chi connectivity index (χ1v) is 9.34. The lowest BCUT2D eigenvalue weighted by molar-refractivity contribution is -0.141. The Morgan fingerprint density at radius 2 is 1.80 bits per heavy atom. The molecule has 0 aromatic heterocycles. The molecule has 0 aliphatic carbocycles. The predicted molar refractivity (Wildman–Crippen MR) is 98.0 cm³/mol. The third-order valence-corrected chi connectivity index (χ3v) is 5.45. The Morgan fingerprint density at radius 3 is 2.36 bits per heavy atom. The molecule has 2 aliphatic rings. The van der Waals surface area contributed by atoms with Crippen molar-refractivity contribution in [3.63, 3.8) is 0 Å². The van der Waals surface area contributed by atoms with E-state index in [-0.39, 0.29) is 12.5 Å². The fourth-order valence-corrected chi connectivity index (χ4v) is 3.55. The molecule has 0 spiro atoms. The Morgan fingerprint density at radius 1 is 1.16 bits per heavy atom. The summed E-state index contributed by atoms with van der Waals surface area (Å²) in [4.78, 5) is 16.7. The summed E-state index contributed by atoms with van der Waals surface area (Å²) in [5, 5.41) is 0. The number of carbonyl (C=O) groups excluding carboxylic acids is 1. The highest BCUT2D eigenvalue weighted by molar-refractivity contribution is 5.78. The standard InChI is InChI=1S/C20H30N2O3/c1-15(2)16-4-6-19(7-5-16)25-14-20(23)22-12-17(13-22)21-10-8-18(24-3)9-11-21/h4-7,15,17-18H,8-14H2,1-3H3. The van der Waals surface area contributed by atoms with Gasteiger partial charge in [-0.2, -0.15) is 0 Å². The van der Waals surface area contributed by atoms with Gasteiger partial charge in [-0.25, -0.2) is 0 Å². The van der Waals surface area contributed by atoms with Gasteiger partial charge in [-0.3, -0.25) is 9.69 Å². The maximum absolute atomic E-state index is 12.3. The zero-order valence-electron chi connectivity index (χ0n) is 15.6. The molecule has 0 radical (unpaired) electrons. The van der Waals surface area contributed by atoms with Gasteiger partial charge in [0, 0.05) is 39.3 Å². The van der Waals surface area contributed by atoms with E-state index in [2.05, 4.69) is 30.9 Å². The lowest BCUT2D eigenvalue weighted by Gasteiger charge is -2.47. The highest BCUT2D eigenvalue weighted by atomic mass is 16.5. The summed E-state index contributed by atoms with van der Waals surface area (Å²) < 4.78 is 11.1. The monoisotopic (exact) mass is 346 g/mol. The fraction of sp³-hybridized carbons (Fsp3) is 0.650. The van der Waals surface area contributed by atoms with Gasteiger partial charge in [0.25, 0.3) is 5.91 Å². The average molecular weight is 346 g/mol. The molecule has 2 fully saturated rings. The molecule has 1 amide bonds. The van der Waals surface area contributed by atoms with Crippen molar-refractivity contribution in [2.75, 3.05) is 39.9 Å². The van der Waals surface area contributed by atoms with Gasteiger partial charge < -0.3 is 14.4 Å². The smallest absolute Gasteiger partial charge is 0.260 e. The van der Waals surface area contributed by atoms with Crippen LogP contribution < -0.4 is 4.74 Å². The number of benzene rings is 1. The summed E-state index contributed by atoms with van der Waals surface area (Å²) in [5.74, 6) is 1.34. The predicted octanol–water partition coefficient (Wildman–Crippen LogP) is 2.51. The van der Waals surface area contributed by atoms with Gasteiger partial charge in [-0.15, -0.1) is 0 Å². The van der Waals surface area contributed by atoms with Gasteiger partial charge in [0.2, 0.25) is 0 Å². The van der Waals surface area contributed by atoms with Crippen LogP contribution in [0.1, 0.15) is 38.2 Å². The Labute approximate surface area is 150 Å². The Balaban J connectivity index is 1.37. The number of methoxy groups -OCH3 is 1.